The molecule has 9 rings (SSSR count). The van der Waals surface area contributed by atoms with Gasteiger partial charge in [-0.1, -0.05) is 6.58 Å². The minimum absolute atomic E-state index is 0.0578. The molecule has 5 fully saturated rings. The SMILES string of the molecule is C=C1CCC(N2C(=O)c3ccc(N4CCCC5(CCN(c6ccc(Nc7nc(N8CCC[C@@H](N9CCN(C)C9=O)C8)cnc7C(N)=O)cc6)CC5)C4)cc3C2=O)C(=O)N1. The molecule has 59 heavy (non-hydrogen) atoms. The number of likely N-dealkylation sites (N-methyl/N-ethyl adjacent to an activating group) is 1. The number of aromatic nitrogens is 2. The molecule has 308 valence electrons. The maximum Gasteiger partial charge on any atom is 0.320 e. The van der Waals surface area contributed by atoms with Crippen LogP contribution in [0.1, 0.15) is 82.6 Å². The average molecular weight is 802 g/mol. The number of urea groups is 1. The van der Waals surface area contributed by atoms with E-state index in [4.69, 9.17) is 10.7 Å². The molecule has 0 bridgehead atoms. The van der Waals surface area contributed by atoms with Gasteiger partial charge in [0.2, 0.25) is 5.91 Å². The number of nitrogens with two attached hydrogens (primary N) is 1. The van der Waals surface area contributed by atoms with Crippen LogP contribution in [0.2, 0.25) is 0 Å². The molecular weight excluding hydrogens is 751 g/mol. The predicted octanol–water partition coefficient (Wildman–Crippen LogP) is 3.93. The summed E-state index contributed by atoms with van der Waals surface area (Å²) in [5.74, 6) is -0.933. The number of nitrogens with one attached hydrogen (secondary N) is 2. The number of anilines is 5. The molecule has 6 aliphatic heterocycles. The van der Waals surface area contributed by atoms with Crippen LogP contribution in [0.15, 0.2) is 60.9 Å². The fourth-order valence-corrected chi connectivity index (χ4v) is 9.93. The van der Waals surface area contributed by atoms with Crippen molar-refractivity contribution in [3.63, 3.8) is 0 Å². The molecule has 2 atom stereocenters. The minimum Gasteiger partial charge on any atom is -0.371 e. The van der Waals surface area contributed by atoms with E-state index in [1.54, 1.807) is 17.2 Å². The number of carbonyl (C=O) groups excluding carboxylic acids is 5. The molecule has 2 aromatic carbocycles. The molecule has 1 unspecified atom stereocenters. The first-order valence-corrected chi connectivity index (χ1v) is 20.8. The summed E-state index contributed by atoms with van der Waals surface area (Å²) in [6, 6.07) is 12.9. The van der Waals surface area contributed by atoms with Crippen LogP contribution >= 0.6 is 0 Å². The highest BCUT2D eigenvalue weighted by molar-refractivity contribution is 6.23. The van der Waals surface area contributed by atoms with Crippen molar-refractivity contribution >= 4 is 58.4 Å². The number of amides is 6. The van der Waals surface area contributed by atoms with Crippen molar-refractivity contribution in [1.29, 1.82) is 0 Å². The largest absolute Gasteiger partial charge is 0.371 e. The summed E-state index contributed by atoms with van der Waals surface area (Å²) in [4.78, 5) is 85.6. The van der Waals surface area contributed by atoms with Crippen molar-refractivity contribution in [2.45, 2.75) is 63.5 Å². The minimum atomic E-state index is -0.829. The lowest BCUT2D eigenvalue weighted by molar-refractivity contribution is -0.125. The first kappa shape index (κ1) is 38.3. The Morgan fingerprint density at radius 1 is 0.864 bits per heavy atom. The summed E-state index contributed by atoms with van der Waals surface area (Å²) in [6.07, 6.45) is 8.54. The molecule has 5 saturated heterocycles. The third-order valence-electron chi connectivity index (χ3n) is 13.3. The van der Waals surface area contributed by atoms with Gasteiger partial charge in [-0.05, 0) is 99.2 Å². The maximum atomic E-state index is 13.6. The number of piperidine rings is 4. The number of rotatable bonds is 8. The lowest BCUT2D eigenvalue weighted by atomic mass is 9.72. The van der Waals surface area contributed by atoms with Gasteiger partial charge in [0.15, 0.2) is 11.5 Å². The van der Waals surface area contributed by atoms with Gasteiger partial charge in [-0.3, -0.25) is 24.1 Å². The first-order valence-electron chi connectivity index (χ1n) is 20.8. The second-order valence-electron chi connectivity index (χ2n) is 17.0. The van der Waals surface area contributed by atoms with E-state index in [0.717, 1.165) is 99.8 Å². The van der Waals surface area contributed by atoms with Gasteiger partial charge in [0, 0.05) is 82.2 Å². The van der Waals surface area contributed by atoms with Crippen LogP contribution in [0, 0.1) is 5.41 Å². The summed E-state index contributed by atoms with van der Waals surface area (Å²) in [5.41, 5.74) is 10.0. The molecule has 4 N–H and O–H groups in total. The second kappa shape index (κ2) is 15.2. The molecular formula is C43H51N11O5. The standard InChI is InChI=1S/C43H51N11O5/c1-27-6-13-34(39(56)46-27)54-40(57)32-12-11-30(23-33(32)41(54)58)52-18-4-14-43(26-52)15-19-50(20-16-43)29-9-7-28(8-10-29)47-38-36(37(44)55)45-24-35(48-38)51-17-3-5-31(25-51)53-22-21-49(2)42(53)59/h7-12,23-24,31,34H,1,3-6,13-22,25-26H2,2H3,(H2,44,55)(H,46,56)(H,47,48)/t31-,34?/m1/s1. The Balaban J connectivity index is 0.830. The van der Waals surface area contributed by atoms with Crippen LogP contribution in [0.5, 0.6) is 0 Å². The number of carbonyl (C=O) groups is 5. The molecule has 16 nitrogen and oxygen atoms in total. The van der Waals surface area contributed by atoms with Gasteiger partial charge in [-0.25, -0.2) is 14.8 Å². The van der Waals surface area contributed by atoms with E-state index in [9.17, 15) is 24.0 Å². The number of primary amides is 1. The zero-order valence-electron chi connectivity index (χ0n) is 33.5. The summed E-state index contributed by atoms with van der Waals surface area (Å²) in [7, 11) is 1.83. The fraction of sp³-hybridized carbons (Fsp3) is 0.465. The number of allylic oxidation sites excluding steroid dienone is 1. The Bertz CT molecular complexity index is 2220. The average Bonchev–Trinajstić information content (AvgIpc) is 3.70. The number of hydrogen-bond donors (Lipinski definition) is 3. The number of nitrogens with zero attached hydrogens (tertiary/aromatic N) is 8. The van der Waals surface area contributed by atoms with Crippen LogP contribution in [0.25, 0.3) is 0 Å². The molecule has 1 aromatic heterocycles. The second-order valence-corrected chi connectivity index (χ2v) is 17.0. The summed E-state index contributed by atoms with van der Waals surface area (Å²) in [6.45, 7) is 10.2. The van der Waals surface area contributed by atoms with E-state index < -0.39 is 23.8 Å². The number of benzene rings is 2. The molecule has 3 aromatic rings. The van der Waals surface area contributed by atoms with Gasteiger partial charge >= 0.3 is 6.03 Å². The van der Waals surface area contributed by atoms with Gasteiger partial charge < -0.3 is 40.9 Å². The van der Waals surface area contributed by atoms with Gasteiger partial charge in [-0.2, -0.15) is 0 Å². The van der Waals surface area contributed by atoms with Crippen molar-refractivity contribution in [2.75, 3.05) is 79.4 Å². The van der Waals surface area contributed by atoms with E-state index in [1.165, 1.54) is 0 Å². The third-order valence-corrected chi connectivity index (χ3v) is 13.3. The van der Waals surface area contributed by atoms with Crippen molar-refractivity contribution in [3.8, 4) is 0 Å². The molecule has 6 aliphatic rings. The van der Waals surface area contributed by atoms with E-state index >= 15 is 0 Å². The lowest BCUT2D eigenvalue weighted by Crippen LogP contribution is -2.51. The monoisotopic (exact) mass is 801 g/mol. The predicted molar refractivity (Wildman–Crippen MR) is 223 cm³/mol. The van der Waals surface area contributed by atoms with E-state index in [1.807, 2.05) is 36.2 Å². The highest BCUT2D eigenvalue weighted by atomic mass is 16.2. The highest BCUT2D eigenvalue weighted by Gasteiger charge is 2.45. The molecule has 1 spiro atoms. The first-order chi connectivity index (χ1) is 28.5. The van der Waals surface area contributed by atoms with Crippen LogP contribution in [-0.4, -0.2) is 126 Å². The van der Waals surface area contributed by atoms with Crippen molar-refractivity contribution in [3.05, 3.63) is 77.8 Å². The molecule has 0 radical (unpaired) electrons. The fourth-order valence-electron chi connectivity index (χ4n) is 9.93. The quantitative estimate of drug-likeness (QED) is 0.281. The summed E-state index contributed by atoms with van der Waals surface area (Å²) < 4.78 is 0. The normalized spacial score (nSPS) is 23.3. The number of hydrogen-bond acceptors (Lipinski definition) is 11. The molecule has 16 heteroatoms. The zero-order chi connectivity index (χ0) is 41.0. The summed E-state index contributed by atoms with van der Waals surface area (Å²) >= 11 is 0. The molecule has 0 aliphatic carbocycles. The Morgan fingerprint density at radius 2 is 1.61 bits per heavy atom. The van der Waals surface area contributed by atoms with Gasteiger partial charge in [0.05, 0.1) is 23.4 Å². The maximum absolute atomic E-state index is 13.6. The molecule has 7 heterocycles. The van der Waals surface area contributed by atoms with E-state index in [2.05, 4.69) is 49.0 Å². The molecule has 6 amide bonds. The van der Waals surface area contributed by atoms with Crippen LogP contribution in [-0.2, 0) is 4.79 Å². The van der Waals surface area contributed by atoms with Crippen molar-refractivity contribution in [1.82, 2.24) is 30.0 Å². The zero-order valence-corrected chi connectivity index (χ0v) is 33.5. The third kappa shape index (κ3) is 7.18. The Hall–Kier alpha value is -6.19. The molecule has 0 saturated carbocycles. The number of imide groups is 1. The smallest absolute Gasteiger partial charge is 0.320 e. The Labute approximate surface area is 343 Å². The van der Waals surface area contributed by atoms with Crippen molar-refractivity contribution < 1.29 is 24.0 Å². The van der Waals surface area contributed by atoms with Gasteiger partial charge in [0.1, 0.15) is 11.9 Å². The van der Waals surface area contributed by atoms with Gasteiger partial charge in [0.25, 0.3) is 17.7 Å². The van der Waals surface area contributed by atoms with E-state index in [0.29, 0.717) is 54.4 Å². The van der Waals surface area contributed by atoms with Gasteiger partial charge in [-0.15, -0.1) is 0 Å². The number of fused-ring (bicyclic) bond motifs is 1. The topological polar surface area (TPSA) is 181 Å². The van der Waals surface area contributed by atoms with Crippen LogP contribution in [0.4, 0.5) is 33.5 Å². The highest BCUT2D eigenvalue weighted by Crippen LogP contribution is 2.43. The van der Waals surface area contributed by atoms with Crippen molar-refractivity contribution in [2.24, 2.45) is 11.1 Å². The lowest BCUT2D eigenvalue weighted by Gasteiger charge is -2.49. The Morgan fingerprint density at radius 3 is 2.34 bits per heavy atom. The van der Waals surface area contributed by atoms with Crippen LogP contribution in [0.3, 0.4) is 0 Å². The van der Waals surface area contributed by atoms with E-state index in [-0.39, 0.29) is 29.1 Å². The summed E-state index contributed by atoms with van der Waals surface area (Å²) in [5, 5.41) is 5.99. The van der Waals surface area contributed by atoms with Crippen LogP contribution < -0.4 is 31.1 Å². The Kier molecular flexibility index (Phi) is 9.88.